The molecule has 0 aromatic heterocycles. The maximum Gasteiger partial charge on any atom is 0.416 e. The number of halogens is 3. The van der Waals surface area contributed by atoms with E-state index in [2.05, 4.69) is 5.32 Å². The zero-order valence-electron chi connectivity index (χ0n) is 15.2. The molecule has 3 N–H and O–H groups in total. The second kappa shape index (κ2) is 9.09. The van der Waals surface area contributed by atoms with Crippen molar-refractivity contribution in [2.75, 3.05) is 11.9 Å². The molecule has 2 aromatic carbocycles. The first-order valence-corrected chi connectivity index (χ1v) is 8.26. The summed E-state index contributed by atoms with van der Waals surface area (Å²) in [4.78, 5) is 34.9. The van der Waals surface area contributed by atoms with Gasteiger partial charge >= 0.3 is 12.1 Å². The van der Waals surface area contributed by atoms with E-state index in [0.29, 0.717) is 5.75 Å². The fraction of sp³-hybridized carbons (Fsp3) is 0.211. The molecule has 0 radical (unpaired) electrons. The predicted octanol–water partition coefficient (Wildman–Crippen LogP) is 2.75. The van der Waals surface area contributed by atoms with E-state index < -0.39 is 35.6 Å². The third-order valence-corrected chi connectivity index (χ3v) is 3.58. The maximum atomic E-state index is 12.7. The minimum atomic E-state index is -4.55. The molecule has 0 aliphatic carbocycles. The van der Waals surface area contributed by atoms with E-state index in [9.17, 15) is 27.6 Å². The quantitative estimate of drug-likeness (QED) is 0.683. The summed E-state index contributed by atoms with van der Waals surface area (Å²) in [7, 11) is 0. The number of alkyl halides is 3. The minimum absolute atomic E-state index is 0.0799. The third-order valence-electron chi connectivity index (χ3n) is 3.58. The molecule has 0 heterocycles. The highest BCUT2D eigenvalue weighted by molar-refractivity contribution is 5.97. The monoisotopic (exact) mass is 410 g/mol. The molecule has 0 fully saturated rings. The van der Waals surface area contributed by atoms with E-state index in [1.54, 1.807) is 0 Å². The Labute approximate surface area is 163 Å². The highest BCUT2D eigenvalue weighted by Crippen LogP contribution is 2.30. The lowest BCUT2D eigenvalue weighted by Crippen LogP contribution is -2.30. The molecule has 154 valence electrons. The van der Waals surface area contributed by atoms with Gasteiger partial charge in [0.1, 0.15) is 5.75 Å². The van der Waals surface area contributed by atoms with Crippen LogP contribution in [0.5, 0.6) is 5.75 Å². The minimum Gasteiger partial charge on any atom is -0.484 e. The standard InChI is InChI=1S/C19H17F3N2O5/c1-11(17(26)24-14-4-2-3-13(9-14)19(20,21)22)29-18(27)12-5-7-15(8-6-12)28-10-16(23)25/h2-9,11H,10H2,1H3,(H2,23,25)(H,24,26). The number of carbonyl (C=O) groups excluding carboxylic acids is 3. The molecule has 10 heteroatoms. The van der Waals surface area contributed by atoms with Gasteiger partial charge < -0.3 is 20.5 Å². The van der Waals surface area contributed by atoms with Crippen LogP contribution < -0.4 is 15.8 Å². The first-order chi connectivity index (χ1) is 13.6. The number of nitrogens with one attached hydrogen (secondary N) is 1. The van der Waals surface area contributed by atoms with Gasteiger partial charge in [0.2, 0.25) is 0 Å². The number of nitrogens with two attached hydrogens (primary N) is 1. The topological polar surface area (TPSA) is 108 Å². The van der Waals surface area contributed by atoms with Crippen LogP contribution in [-0.4, -0.2) is 30.5 Å². The Morgan fingerprint density at radius 2 is 1.76 bits per heavy atom. The summed E-state index contributed by atoms with van der Waals surface area (Å²) in [6.07, 6.45) is -5.81. The molecular formula is C19H17F3N2O5. The van der Waals surface area contributed by atoms with Gasteiger partial charge in [-0.05, 0) is 49.4 Å². The van der Waals surface area contributed by atoms with Crippen molar-refractivity contribution in [3.8, 4) is 5.75 Å². The normalized spacial score (nSPS) is 12.0. The molecule has 0 saturated heterocycles. The molecule has 1 atom stereocenters. The average molecular weight is 410 g/mol. The second-order valence-corrected chi connectivity index (χ2v) is 5.89. The number of anilines is 1. The first kappa shape index (κ1) is 21.7. The largest absolute Gasteiger partial charge is 0.484 e. The zero-order chi connectivity index (χ0) is 21.6. The van der Waals surface area contributed by atoms with E-state index >= 15 is 0 Å². The van der Waals surface area contributed by atoms with E-state index in [1.807, 2.05) is 0 Å². The Balaban J connectivity index is 1.95. The fourth-order valence-corrected chi connectivity index (χ4v) is 2.14. The van der Waals surface area contributed by atoms with Crippen molar-refractivity contribution in [3.63, 3.8) is 0 Å². The van der Waals surface area contributed by atoms with Crippen molar-refractivity contribution in [1.29, 1.82) is 0 Å². The Morgan fingerprint density at radius 1 is 1.10 bits per heavy atom. The molecule has 29 heavy (non-hydrogen) atoms. The molecule has 2 rings (SSSR count). The fourth-order valence-electron chi connectivity index (χ4n) is 2.14. The summed E-state index contributed by atoms with van der Waals surface area (Å²) in [5, 5.41) is 2.27. The molecule has 0 bridgehead atoms. The van der Waals surface area contributed by atoms with Gasteiger partial charge in [0.05, 0.1) is 11.1 Å². The number of primary amides is 1. The van der Waals surface area contributed by atoms with E-state index in [0.717, 1.165) is 18.2 Å². The predicted molar refractivity (Wildman–Crippen MR) is 96.1 cm³/mol. The number of benzene rings is 2. The average Bonchev–Trinajstić information content (AvgIpc) is 2.66. The van der Waals surface area contributed by atoms with Gasteiger partial charge in [-0.3, -0.25) is 9.59 Å². The zero-order valence-corrected chi connectivity index (χ0v) is 15.2. The Bertz CT molecular complexity index is 897. The van der Waals surface area contributed by atoms with E-state index in [-0.39, 0.29) is 17.9 Å². The number of esters is 1. The van der Waals surface area contributed by atoms with Crippen molar-refractivity contribution in [3.05, 3.63) is 59.7 Å². The van der Waals surface area contributed by atoms with Crippen LogP contribution >= 0.6 is 0 Å². The SMILES string of the molecule is CC(OC(=O)c1ccc(OCC(N)=O)cc1)C(=O)Nc1cccc(C(F)(F)F)c1. The van der Waals surface area contributed by atoms with Gasteiger partial charge in [0, 0.05) is 5.69 Å². The Morgan fingerprint density at radius 3 is 2.34 bits per heavy atom. The number of carbonyl (C=O) groups is 3. The maximum absolute atomic E-state index is 12.7. The highest BCUT2D eigenvalue weighted by Gasteiger charge is 2.30. The first-order valence-electron chi connectivity index (χ1n) is 8.26. The van der Waals surface area contributed by atoms with Gasteiger partial charge in [-0.2, -0.15) is 13.2 Å². The summed E-state index contributed by atoms with van der Waals surface area (Å²) in [5.41, 5.74) is 4.06. The number of amides is 2. The van der Waals surface area contributed by atoms with Crippen LogP contribution in [0.3, 0.4) is 0 Å². The highest BCUT2D eigenvalue weighted by atomic mass is 19.4. The second-order valence-electron chi connectivity index (χ2n) is 5.89. The van der Waals surface area contributed by atoms with E-state index in [1.165, 1.54) is 37.3 Å². The van der Waals surface area contributed by atoms with Crippen molar-refractivity contribution < 1.29 is 37.0 Å². The smallest absolute Gasteiger partial charge is 0.416 e. The van der Waals surface area contributed by atoms with Crippen LogP contribution in [0, 0.1) is 0 Å². The Hall–Kier alpha value is -3.56. The molecule has 0 saturated carbocycles. The molecule has 2 amide bonds. The molecule has 0 aliphatic rings. The van der Waals surface area contributed by atoms with Gasteiger partial charge in [0.25, 0.3) is 11.8 Å². The third kappa shape index (κ3) is 6.52. The van der Waals surface area contributed by atoms with Crippen LogP contribution in [-0.2, 0) is 20.5 Å². The number of hydrogen-bond acceptors (Lipinski definition) is 5. The molecule has 0 aliphatic heterocycles. The molecular weight excluding hydrogens is 393 g/mol. The summed E-state index contributed by atoms with van der Waals surface area (Å²) in [6.45, 7) is 0.960. The molecule has 1 unspecified atom stereocenters. The van der Waals surface area contributed by atoms with Crippen LogP contribution in [0.2, 0.25) is 0 Å². The lowest BCUT2D eigenvalue weighted by atomic mass is 10.2. The lowest BCUT2D eigenvalue weighted by molar-refractivity contribution is -0.137. The van der Waals surface area contributed by atoms with Crippen LogP contribution in [0.25, 0.3) is 0 Å². The van der Waals surface area contributed by atoms with Crippen molar-refractivity contribution in [2.24, 2.45) is 5.73 Å². The Kier molecular flexibility index (Phi) is 6.81. The summed E-state index contributed by atoms with van der Waals surface area (Å²) >= 11 is 0. The number of ether oxygens (including phenoxy) is 2. The van der Waals surface area contributed by atoms with Gasteiger partial charge in [-0.15, -0.1) is 0 Å². The van der Waals surface area contributed by atoms with Crippen LogP contribution in [0.1, 0.15) is 22.8 Å². The molecule has 7 nitrogen and oxygen atoms in total. The lowest BCUT2D eigenvalue weighted by Gasteiger charge is -2.15. The van der Waals surface area contributed by atoms with E-state index in [4.69, 9.17) is 15.2 Å². The molecule has 0 spiro atoms. The van der Waals surface area contributed by atoms with Gasteiger partial charge in [0.15, 0.2) is 12.7 Å². The summed E-state index contributed by atoms with van der Waals surface area (Å²) in [5.74, 6) is -1.97. The van der Waals surface area contributed by atoms with Crippen molar-refractivity contribution >= 4 is 23.5 Å². The van der Waals surface area contributed by atoms with Crippen molar-refractivity contribution in [2.45, 2.75) is 19.2 Å². The van der Waals surface area contributed by atoms with Gasteiger partial charge in [-0.1, -0.05) is 6.07 Å². The number of hydrogen-bond donors (Lipinski definition) is 2. The molecule has 2 aromatic rings. The summed E-state index contributed by atoms with van der Waals surface area (Å²) in [6, 6.07) is 9.61. The van der Waals surface area contributed by atoms with Crippen LogP contribution in [0.4, 0.5) is 18.9 Å². The summed E-state index contributed by atoms with van der Waals surface area (Å²) < 4.78 is 48.2. The van der Waals surface area contributed by atoms with Crippen LogP contribution in [0.15, 0.2) is 48.5 Å². The van der Waals surface area contributed by atoms with Crippen molar-refractivity contribution in [1.82, 2.24) is 0 Å². The number of rotatable bonds is 7. The van der Waals surface area contributed by atoms with Gasteiger partial charge in [-0.25, -0.2) is 4.79 Å².